The van der Waals surface area contributed by atoms with Crippen LogP contribution in [-0.2, 0) is 0 Å². The first kappa shape index (κ1) is 15.1. The summed E-state index contributed by atoms with van der Waals surface area (Å²) in [6.07, 6.45) is 2.99. The molecule has 0 saturated carbocycles. The average molecular weight is 346 g/mol. The van der Waals surface area contributed by atoms with Crippen LogP contribution in [0.1, 0.15) is 21.5 Å². The van der Waals surface area contributed by atoms with Gasteiger partial charge in [0, 0.05) is 21.7 Å². The molecular weight excluding hydrogens is 334 g/mol. The second-order valence-electron chi connectivity index (χ2n) is 4.48. The topological polar surface area (TPSA) is 60.2 Å². The zero-order valence-corrected chi connectivity index (χ0v) is 12.8. The van der Waals surface area contributed by atoms with Crippen LogP contribution in [0.3, 0.4) is 0 Å². The van der Waals surface area contributed by atoms with Gasteiger partial charge < -0.3 is 0 Å². The summed E-state index contributed by atoms with van der Waals surface area (Å²) in [5.74, 6) is -0.161. The molecular formula is C16H12BrNO3. The predicted molar refractivity (Wildman–Crippen MR) is 85.3 cm³/mol. The molecule has 0 radical (unpaired) electrons. The van der Waals surface area contributed by atoms with Crippen molar-refractivity contribution in [2.45, 2.75) is 6.92 Å². The van der Waals surface area contributed by atoms with E-state index in [2.05, 4.69) is 15.9 Å². The van der Waals surface area contributed by atoms with E-state index in [1.807, 2.05) is 6.07 Å². The van der Waals surface area contributed by atoms with Crippen molar-refractivity contribution in [2.75, 3.05) is 0 Å². The molecule has 21 heavy (non-hydrogen) atoms. The van der Waals surface area contributed by atoms with E-state index in [9.17, 15) is 14.9 Å². The third-order valence-electron chi connectivity index (χ3n) is 3.00. The fourth-order valence-electron chi connectivity index (χ4n) is 1.85. The van der Waals surface area contributed by atoms with Crippen LogP contribution in [0, 0.1) is 17.0 Å². The fraction of sp³-hybridized carbons (Fsp3) is 0.0625. The van der Waals surface area contributed by atoms with Gasteiger partial charge in [-0.25, -0.2) is 0 Å². The summed E-state index contributed by atoms with van der Waals surface area (Å²) in [5, 5.41) is 10.9. The van der Waals surface area contributed by atoms with Gasteiger partial charge in [0.25, 0.3) is 5.69 Å². The fourth-order valence-corrected chi connectivity index (χ4v) is 2.33. The summed E-state index contributed by atoms with van der Waals surface area (Å²) >= 11 is 3.32. The molecule has 0 aliphatic heterocycles. The van der Waals surface area contributed by atoms with E-state index in [0.29, 0.717) is 16.7 Å². The van der Waals surface area contributed by atoms with Crippen molar-refractivity contribution in [1.82, 2.24) is 0 Å². The zero-order chi connectivity index (χ0) is 15.4. The number of nitro groups is 1. The zero-order valence-electron chi connectivity index (χ0n) is 11.2. The average Bonchev–Trinajstić information content (AvgIpc) is 2.46. The Morgan fingerprint density at radius 3 is 2.62 bits per heavy atom. The van der Waals surface area contributed by atoms with E-state index in [0.717, 1.165) is 4.47 Å². The van der Waals surface area contributed by atoms with Gasteiger partial charge >= 0.3 is 0 Å². The maximum absolute atomic E-state index is 12.1. The number of benzene rings is 2. The summed E-state index contributed by atoms with van der Waals surface area (Å²) in [6, 6.07) is 12.0. The Hall–Kier alpha value is -2.27. The highest BCUT2D eigenvalue weighted by Gasteiger charge is 2.10. The molecule has 0 unspecified atom stereocenters. The van der Waals surface area contributed by atoms with Crippen molar-refractivity contribution in [1.29, 1.82) is 0 Å². The Kier molecular flexibility index (Phi) is 4.65. The lowest BCUT2D eigenvalue weighted by Gasteiger charge is -2.00. The molecule has 0 aliphatic carbocycles. The largest absolute Gasteiger partial charge is 0.289 e. The Balaban J connectivity index is 2.26. The summed E-state index contributed by atoms with van der Waals surface area (Å²) in [6.45, 7) is 1.68. The van der Waals surface area contributed by atoms with Crippen molar-refractivity contribution in [2.24, 2.45) is 0 Å². The highest BCUT2D eigenvalue weighted by Crippen LogP contribution is 2.21. The van der Waals surface area contributed by atoms with Gasteiger partial charge in [0.2, 0.25) is 0 Å². The molecule has 0 bridgehead atoms. The summed E-state index contributed by atoms with van der Waals surface area (Å²) in [5.41, 5.74) is 1.81. The number of hydrogen-bond donors (Lipinski definition) is 0. The molecule has 0 N–H and O–H groups in total. The van der Waals surface area contributed by atoms with Crippen LogP contribution in [0.5, 0.6) is 0 Å². The number of nitrogens with zero attached hydrogens (tertiary/aromatic N) is 1. The van der Waals surface area contributed by atoms with Crippen LogP contribution >= 0.6 is 15.9 Å². The molecule has 5 heteroatoms. The van der Waals surface area contributed by atoms with Gasteiger partial charge in [-0.3, -0.25) is 14.9 Å². The molecule has 0 aliphatic rings. The van der Waals surface area contributed by atoms with Crippen LogP contribution < -0.4 is 0 Å². The maximum atomic E-state index is 12.1. The summed E-state index contributed by atoms with van der Waals surface area (Å²) < 4.78 is 0.717. The highest BCUT2D eigenvalue weighted by atomic mass is 79.9. The number of carbonyl (C=O) groups excluding carboxylic acids is 1. The monoisotopic (exact) mass is 345 g/mol. The number of hydrogen-bond acceptors (Lipinski definition) is 3. The molecule has 2 aromatic rings. The minimum Gasteiger partial charge on any atom is -0.289 e. The second-order valence-corrected chi connectivity index (χ2v) is 5.33. The highest BCUT2D eigenvalue weighted by molar-refractivity contribution is 9.10. The normalized spacial score (nSPS) is 10.8. The van der Waals surface area contributed by atoms with E-state index in [1.54, 1.807) is 43.3 Å². The standard InChI is InChI=1S/C16H12BrNO3/c1-11-6-7-12(10-15(11)18(20)21)8-9-16(19)13-4-2-3-5-14(13)17/h2-10H,1H3/b9-8+. The van der Waals surface area contributed by atoms with Gasteiger partial charge in [-0.2, -0.15) is 0 Å². The third kappa shape index (κ3) is 3.64. The number of ketones is 1. The first-order valence-electron chi connectivity index (χ1n) is 6.21. The van der Waals surface area contributed by atoms with Crippen molar-refractivity contribution in [3.05, 3.63) is 79.8 Å². The van der Waals surface area contributed by atoms with Crippen molar-refractivity contribution >= 4 is 33.5 Å². The first-order chi connectivity index (χ1) is 9.99. The molecule has 0 saturated heterocycles. The lowest BCUT2D eigenvalue weighted by Crippen LogP contribution is -1.95. The Morgan fingerprint density at radius 1 is 1.24 bits per heavy atom. The lowest BCUT2D eigenvalue weighted by atomic mass is 10.1. The van der Waals surface area contributed by atoms with Gasteiger partial charge in [0.15, 0.2) is 5.78 Å². The van der Waals surface area contributed by atoms with Crippen molar-refractivity contribution in [3.8, 4) is 0 Å². The minimum absolute atomic E-state index is 0.0468. The molecule has 4 nitrogen and oxygen atoms in total. The van der Waals surface area contributed by atoms with Gasteiger partial charge in [0.05, 0.1) is 4.92 Å². The molecule has 0 heterocycles. The third-order valence-corrected chi connectivity index (χ3v) is 3.69. The van der Waals surface area contributed by atoms with E-state index in [1.165, 1.54) is 12.1 Å². The number of nitro benzene ring substituents is 1. The number of allylic oxidation sites excluding steroid dienone is 1. The van der Waals surface area contributed by atoms with Crippen LogP contribution in [0.4, 0.5) is 5.69 Å². The van der Waals surface area contributed by atoms with Gasteiger partial charge in [-0.15, -0.1) is 0 Å². The predicted octanol–water partition coefficient (Wildman–Crippen LogP) is 4.56. The molecule has 0 amide bonds. The number of carbonyl (C=O) groups is 1. The van der Waals surface area contributed by atoms with E-state index >= 15 is 0 Å². The van der Waals surface area contributed by atoms with Crippen LogP contribution in [-0.4, -0.2) is 10.7 Å². The molecule has 106 valence electrons. The number of rotatable bonds is 4. The van der Waals surface area contributed by atoms with Gasteiger partial charge in [-0.05, 0) is 30.7 Å². The van der Waals surface area contributed by atoms with Gasteiger partial charge in [0.1, 0.15) is 0 Å². The summed E-state index contributed by atoms with van der Waals surface area (Å²) in [4.78, 5) is 22.5. The Labute approximate surface area is 130 Å². The number of halogens is 1. The molecule has 0 fully saturated rings. The SMILES string of the molecule is Cc1ccc(/C=C/C(=O)c2ccccc2Br)cc1[N+](=O)[O-]. The quantitative estimate of drug-likeness (QED) is 0.353. The van der Waals surface area contributed by atoms with E-state index in [4.69, 9.17) is 0 Å². The van der Waals surface area contributed by atoms with Crippen molar-refractivity contribution in [3.63, 3.8) is 0 Å². The van der Waals surface area contributed by atoms with Crippen LogP contribution in [0.25, 0.3) is 6.08 Å². The second kappa shape index (κ2) is 6.45. The minimum atomic E-state index is -0.428. The van der Waals surface area contributed by atoms with Gasteiger partial charge in [-0.1, -0.05) is 46.3 Å². The molecule has 0 spiro atoms. The van der Waals surface area contributed by atoms with E-state index < -0.39 is 4.92 Å². The van der Waals surface area contributed by atoms with Crippen molar-refractivity contribution < 1.29 is 9.72 Å². The first-order valence-corrected chi connectivity index (χ1v) is 7.00. The Morgan fingerprint density at radius 2 is 1.95 bits per heavy atom. The lowest BCUT2D eigenvalue weighted by molar-refractivity contribution is -0.385. The maximum Gasteiger partial charge on any atom is 0.272 e. The van der Waals surface area contributed by atoms with Crippen LogP contribution in [0.2, 0.25) is 0 Å². The summed E-state index contributed by atoms with van der Waals surface area (Å²) in [7, 11) is 0. The molecule has 2 rings (SSSR count). The number of aryl methyl sites for hydroxylation is 1. The Bertz CT molecular complexity index is 738. The smallest absolute Gasteiger partial charge is 0.272 e. The molecule has 0 atom stereocenters. The molecule has 0 aromatic heterocycles. The molecule has 2 aromatic carbocycles. The van der Waals surface area contributed by atoms with Crippen LogP contribution in [0.15, 0.2) is 53.0 Å². The van der Waals surface area contributed by atoms with E-state index in [-0.39, 0.29) is 11.5 Å².